The second-order valence-electron chi connectivity index (χ2n) is 9.60. The quantitative estimate of drug-likeness (QED) is 0.0826. The first-order valence-electron chi connectivity index (χ1n) is 13.3. The van der Waals surface area contributed by atoms with E-state index in [-0.39, 0.29) is 24.5 Å². The molecule has 4 aromatic rings. The first-order chi connectivity index (χ1) is 21.1. The molecule has 13 heteroatoms. The number of esters is 1. The van der Waals surface area contributed by atoms with Crippen molar-refractivity contribution in [1.82, 2.24) is 4.57 Å². The number of nitro benzene ring substituents is 1. The summed E-state index contributed by atoms with van der Waals surface area (Å²) in [5.41, 5.74) is 2.88. The van der Waals surface area contributed by atoms with Gasteiger partial charge in [-0.3, -0.25) is 19.5 Å². The van der Waals surface area contributed by atoms with Crippen molar-refractivity contribution in [3.8, 4) is 5.75 Å². The fourth-order valence-electron chi connectivity index (χ4n) is 4.71. The van der Waals surface area contributed by atoms with Gasteiger partial charge >= 0.3 is 5.97 Å². The monoisotopic (exact) mass is 757 g/mol. The Kier molecular flexibility index (Phi) is 9.88. The third-order valence-electron chi connectivity index (χ3n) is 6.80. The molecule has 3 aromatic carbocycles. The molecule has 0 fully saturated rings. The number of hydrogen-bond donors (Lipinski definition) is 0. The zero-order chi connectivity index (χ0) is 31.5. The maximum absolute atomic E-state index is 13.9. The number of carbonyl (C=O) groups excluding carboxylic acids is 1. The minimum absolute atomic E-state index is 0.0119. The summed E-state index contributed by atoms with van der Waals surface area (Å²) < 4.78 is 14.7. The summed E-state index contributed by atoms with van der Waals surface area (Å²) in [6.45, 7) is 3.91. The van der Waals surface area contributed by atoms with Crippen molar-refractivity contribution in [3.05, 3.63) is 127 Å². The number of fused-ring (bicyclic) bond motifs is 1. The Morgan fingerprint density at radius 1 is 1.14 bits per heavy atom. The number of nitro groups is 1. The van der Waals surface area contributed by atoms with Crippen LogP contribution in [0.4, 0.5) is 5.69 Å². The average molecular weight is 759 g/mol. The molecule has 0 unspecified atom stereocenters. The van der Waals surface area contributed by atoms with E-state index in [4.69, 9.17) is 9.47 Å². The van der Waals surface area contributed by atoms with Gasteiger partial charge in [-0.15, -0.1) is 11.8 Å². The molecular weight excluding hydrogens is 734 g/mol. The average Bonchev–Trinajstić information content (AvgIpc) is 3.30. The molecule has 1 aliphatic rings. The van der Waals surface area contributed by atoms with E-state index < -0.39 is 16.9 Å². The van der Waals surface area contributed by atoms with Gasteiger partial charge in [0.25, 0.3) is 11.2 Å². The van der Waals surface area contributed by atoms with Gasteiger partial charge in [0.2, 0.25) is 0 Å². The number of hydrogen-bond acceptors (Lipinski definition) is 9. The summed E-state index contributed by atoms with van der Waals surface area (Å²) in [5, 5.41) is 10.9. The number of carbonyl (C=O) groups is 1. The molecule has 1 atom stereocenters. The minimum Gasteiger partial charge on any atom is -0.487 e. The van der Waals surface area contributed by atoms with Gasteiger partial charge in [0.1, 0.15) is 12.4 Å². The topological polar surface area (TPSA) is 113 Å². The molecule has 0 N–H and O–H groups in total. The summed E-state index contributed by atoms with van der Waals surface area (Å²) in [6, 6.07) is 16.9. The van der Waals surface area contributed by atoms with Gasteiger partial charge in [-0.2, -0.15) is 0 Å². The lowest BCUT2D eigenvalue weighted by Gasteiger charge is -2.24. The van der Waals surface area contributed by atoms with Crippen molar-refractivity contribution in [2.75, 3.05) is 12.9 Å². The van der Waals surface area contributed by atoms with Crippen LogP contribution in [-0.2, 0) is 16.1 Å². The molecule has 5 rings (SSSR count). The molecule has 226 valence electrons. The van der Waals surface area contributed by atoms with Crippen molar-refractivity contribution >= 4 is 72.7 Å². The molecule has 2 heterocycles. The first kappa shape index (κ1) is 31.9. The molecule has 0 saturated heterocycles. The second-order valence-corrected chi connectivity index (χ2v) is 13.2. The number of benzene rings is 3. The van der Waals surface area contributed by atoms with Gasteiger partial charge in [0.15, 0.2) is 4.80 Å². The van der Waals surface area contributed by atoms with Crippen molar-refractivity contribution < 1.29 is 19.2 Å². The molecule has 0 aliphatic carbocycles. The molecule has 0 amide bonds. The number of halogens is 2. The van der Waals surface area contributed by atoms with Crippen molar-refractivity contribution in [2.45, 2.75) is 31.4 Å². The van der Waals surface area contributed by atoms with Gasteiger partial charge in [-0.1, -0.05) is 23.5 Å². The highest BCUT2D eigenvalue weighted by molar-refractivity contribution is 9.11. The maximum Gasteiger partial charge on any atom is 0.338 e. The van der Waals surface area contributed by atoms with E-state index in [1.54, 1.807) is 48.4 Å². The van der Waals surface area contributed by atoms with Crippen LogP contribution in [0.5, 0.6) is 5.75 Å². The number of non-ortho nitro benzene ring substituents is 1. The molecule has 0 spiro atoms. The van der Waals surface area contributed by atoms with Crippen LogP contribution in [0.3, 0.4) is 0 Å². The fraction of sp³-hybridized carbons (Fsp3) is 0.194. The molecule has 9 nitrogen and oxygen atoms in total. The Morgan fingerprint density at radius 3 is 2.39 bits per heavy atom. The van der Waals surface area contributed by atoms with E-state index in [0.29, 0.717) is 35.3 Å². The highest BCUT2D eigenvalue weighted by Gasteiger charge is 2.33. The molecule has 1 aliphatic heterocycles. The largest absolute Gasteiger partial charge is 0.487 e. The van der Waals surface area contributed by atoms with Crippen LogP contribution in [0.1, 0.15) is 36.6 Å². The molecule has 0 radical (unpaired) electrons. The van der Waals surface area contributed by atoms with Gasteiger partial charge in [-0.05, 0) is 111 Å². The standard InChI is InChI=1S/C31H25Br2N3O6S2/c1-4-41-30(38)26-17(2)34-31-35(27(26)20-7-11-22(43-3)12-8-20)29(37)25(44-31)15-19-13-23(32)28(24(33)14-19)42-16-18-5-9-21(10-6-18)36(39)40/h5-15,27H,4,16H2,1-3H3/b25-15-/t27-/m0/s1. The number of thioether (sulfide) groups is 1. The van der Waals surface area contributed by atoms with Crippen LogP contribution in [0.2, 0.25) is 0 Å². The van der Waals surface area contributed by atoms with E-state index in [0.717, 1.165) is 21.6 Å². The van der Waals surface area contributed by atoms with Crippen LogP contribution < -0.4 is 19.6 Å². The Bertz CT molecular complexity index is 1950. The summed E-state index contributed by atoms with van der Waals surface area (Å²) in [7, 11) is 0. The zero-order valence-electron chi connectivity index (χ0n) is 23.7. The number of allylic oxidation sites excluding steroid dienone is 1. The number of thiazole rings is 1. The lowest BCUT2D eigenvalue weighted by Crippen LogP contribution is -2.39. The van der Waals surface area contributed by atoms with Gasteiger partial charge < -0.3 is 9.47 Å². The highest BCUT2D eigenvalue weighted by Crippen LogP contribution is 2.36. The zero-order valence-corrected chi connectivity index (χ0v) is 28.5. The van der Waals surface area contributed by atoms with Gasteiger partial charge in [0.05, 0.1) is 42.3 Å². The molecule has 44 heavy (non-hydrogen) atoms. The Hall–Kier alpha value is -3.52. The van der Waals surface area contributed by atoms with E-state index in [1.165, 1.54) is 23.5 Å². The molecule has 0 bridgehead atoms. The van der Waals surface area contributed by atoms with Crippen LogP contribution in [-0.4, -0.2) is 28.3 Å². The SMILES string of the molecule is CCOC(=O)C1=C(C)N=c2s/c(=C\c3cc(Br)c(OCc4ccc([N+](=O)[O-])cc4)c(Br)c3)c(=O)n2[C@H]1c1ccc(SC)cc1. The summed E-state index contributed by atoms with van der Waals surface area (Å²) in [5.74, 6) is 0.0458. The van der Waals surface area contributed by atoms with Crippen LogP contribution >= 0.6 is 55.0 Å². The number of rotatable bonds is 9. The third kappa shape index (κ3) is 6.60. The van der Waals surface area contributed by atoms with Gasteiger partial charge in [0, 0.05) is 17.0 Å². The highest BCUT2D eigenvalue weighted by atomic mass is 79.9. The van der Waals surface area contributed by atoms with E-state index >= 15 is 0 Å². The molecule has 0 saturated carbocycles. The van der Waals surface area contributed by atoms with Crippen molar-refractivity contribution in [2.24, 2.45) is 4.99 Å². The van der Waals surface area contributed by atoms with Crippen molar-refractivity contribution in [1.29, 1.82) is 0 Å². The van der Waals surface area contributed by atoms with Gasteiger partial charge in [-0.25, -0.2) is 9.79 Å². The molecular formula is C31H25Br2N3O6S2. The van der Waals surface area contributed by atoms with E-state index in [1.807, 2.05) is 42.7 Å². The van der Waals surface area contributed by atoms with Crippen LogP contribution in [0.15, 0.2) is 95.6 Å². The Labute approximate surface area is 277 Å². The van der Waals surface area contributed by atoms with E-state index in [9.17, 15) is 19.7 Å². The normalized spacial score (nSPS) is 14.7. The minimum atomic E-state index is -0.683. The van der Waals surface area contributed by atoms with Crippen molar-refractivity contribution in [3.63, 3.8) is 0 Å². The summed E-state index contributed by atoms with van der Waals surface area (Å²) >= 11 is 9.99. The predicted octanol–water partition coefficient (Wildman–Crippen LogP) is 6.53. The predicted molar refractivity (Wildman–Crippen MR) is 178 cm³/mol. The number of ether oxygens (including phenoxy) is 2. The lowest BCUT2D eigenvalue weighted by molar-refractivity contribution is -0.384. The van der Waals surface area contributed by atoms with Crippen LogP contribution in [0.25, 0.3) is 6.08 Å². The molecule has 1 aromatic heterocycles. The smallest absolute Gasteiger partial charge is 0.338 e. The number of aromatic nitrogens is 1. The first-order valence-corrected chi connectivity index (χ1v) is 16.9. The fourth-order valence-corrected chi connectivity index (χ4v) is 7.62. The van der Waals surface area contributed by atoms with Crippen LogP contribution in [0, 0.1) is 10.1 Å². The summed E-state index contributed by atoms with van der Waals surface area (Å²) in [4.78, 5) is 43.7. The summed E-state index contributed by atoms with van der Waals surface area (Å²) in [6.07, 6.45) is 3.76. The maximum atomic E-state index is 13.9. The second kappa shape index (κ2) is 13.6. The Morgan fingerprint density at radius 2 is 1.80 bits per heavy atom. The third-order valence-corrected chi connectivity index (χ3v) is 9.70. The Balaban J connectivity index is 1.51. The number of nitrogens with zero attached hydrogens (tertiary/aromatic N) is 3. The lowest BCUT2D eigenvalue weighted by atomic mass is 9.96. The van der Waals surface area contributed by atoms with E-state index in [2.05, 4.69) is 36.9 Å².